The van der Waals surface area contributed by atoms with Gasteiger partial charge in [0.05, 0.1) is 5.56 Å². The Labute approximate surface area is 170 Å². The molecule has 0 saturated carbocycles. The third-order valence-corrected chi connectivity index (χ3v) is 5.70. The van der Waals surface area contributed by atoms with Crippen molar-refractivity contribution in [2.24, 2.45) is 0 Å². The molecular weight excluding hydrogens is 379 g/mol. The monoisotopic (exact) mass is 409 g/mol. The van der Waals surface area contributed by atoms with E-state index in [1.807, 2.05) is 0 Å². The van der Waals surface area contributed by atoms with Gasteiger partial charge in [-0.15, -0.1) is 0 Å². The van der Waals surface area contributed by atoms with Crippen LogP contribution in [0.3, 0.4) is 0 Å². The van der Waals surface area contributed by atoms with E-state index in [-0.39, 0.29) is 12.1 Å². The molecule has 1 aliphatic carbocycles. The molecule has 0 unspecified atom stereocenters. The van der Waals surface area contributed by atoms with E-state index in [1.165, 1.54) is 50.7 Å². The van der Waals surface area contributed by atoms with Gasteiger partial charge in [-0.25, -0.2) is 4.79 Å². The molecule has 0 radical (unpaired) electrons. The molecule has 0 atom stereocenters. The van der Waals surface area contributed by atoms with E-state index in [1.54, 1.807) is 5.57 Å². The molecule has 1 aromatic carbocycles. The molecule has 1 aromatic rings. The number of alkyl halides is 3. The van der Waals surface area contributed by atoms with Gasteiger partial charge in [0, 0.05) is 31.4 Å². The van der Waals surface area contributed by atoms with Crippen LogP contribution in [0, 0.1) is 0 Å². The number of hydrogen-bond donors (Lipinski definition) is 2. The molecule has 2 N–H and O–H groups in total. The molecule has 1 aliphatic heterocycles. The van der Waals surface area contributed by atoms with E-state index in [9.17, 15) is 18.0 Å². The fourth-order valence-electron chi connectivity index (χ4n) is 4.02. The first kappa shape index (κ1) is 21.7. The van der Waals surface area contributed by atoms with Gasteiger partial charge in [0.25, 0.3) is 0 Å². The zero-order valence-corrected chi connectivity index (χ0v) is 16.7. The van der Waals surface area contributed by atoms with Crippen molar-refractivity contribution in [1.82, 2.24) is 10.2 Å². The summed E-state index contributed by atoms with van der Waals surface area (Å²) >= 11 is 0. The highest BCUT2D eigenvalue weighted by molar-refractivity contribution is 5.89. The average Bonchev–Trinajstić information content (AvgIpc) is 2.65. The molecule has 0 aromatic heterocycles. The Hall–Kier alpha value is -2.02. The highest BCUT2D eigenvalue weighted by Crippen LogP contribution is 2.29. The van der Waals surface area contributed by atoms with Crippen molar-refractivity contribution in [1.29, 1.82) is 0 Å². The number of nitrogens with zero attached hydrogens (tertiary/aromatic N) is 1. The van der Waals surface area contributed by atoms with Crippen molar-refractivity contribution < 1.29 is 18.0 Å². The summed E-state index contributed by atoms with van der Waals surface area (Å²) in [6.45, 7) is 2.93. The minimum absolute atomic E-state index is 0.0898. The second kappa shape index (κ2) is 10.1. The van der Waals surface area contributed by atoms with Crippen LogP contribution in [-0.2, 0) is 6.18 Å². The number of allylic oxidation sites excluding steroid dienone is 1. The van der Waals surface area contributed by atoms with Crippen molar-refractivity contribution in [3.05, 3.63) is 41.5 Å². The normalized spacial score (nSPS) is 19.8. The third-order valence-electron chi connectivity index (χ3n) is 5.70. The molecule has 4 nitrogen and oxygen atoms in total. The molecule has 2 amide bonds. The number of benzene rings is 1. The van der Waals surface area contributed by atoms with Crippen molar-refractivity contribution in [3.63, 3.8) is 0 Å². The Bertz CT molecular complexity index is 692. The van der Waals surface area contributed by atoms with Gasteiger partial charge in [0.2, 0.25) is 0 Å². The Balaban J connectivity index is 1.40. The van der Waals surface area contributed by atoms with Crippen LogP contribution in [0.4, 0.5) is 23.7 Å². The fraction of sp³-hybridized carbons (Fsp3) is 0.591. The molecule has 160 valence electrons. The van der Waals surface area contributed by atoms with Crippen molar-refractivity contribution >= 4 is 11.7 Å². The van der Waals surface area contributed by atoms with Gasteiger partial charge < -0.3 is 10.6 Å². The zero-order valence-electron chi connectivity index (χ0n) is 16.7. The molecule has 3 rings (SSSR count). The van der Waals surface area contributed by atoms with E-state index in [0.29, 0.717) is 5.69 Å². The van der Waals surface area contributed by atoms with Crippen LogP contribution >= 0.6 is 0 Å². The minimum Gasteiger partial charge on any atom is -0.335 e. The van der Waals surface area contributed by atoms with Gasteiger partial charge in [-0.05, 0) is 62.8 Å². The van der Waals surface area contributed by atoms with E-state index in [2.05, 4.69) is 21.6 Å². The van der Waals surface area contributed by atoms with Crippen LogP contribution in [0.2, 0.25) is 0 Å². The van der Waals surface area contributed by atoms with Gasteiger partial charge in [-0.1, -0.05) is 24.5 Å². The number of anilines is 1. The standard InChI is InChI=1S/C22H30F3N3O/c23-22(24,25)18-8-10-19(11-9-18)26-21(29)27-20-12-14-28(15-13-20)16-17-6-4-2-1-3-5-7-17/h6,8-11,20H,1-5,7,12-16H2,(H2,26,27,29). The molecule has 0 spiro atoms. The van der Waals surface area contributed by atoms with Crippen molar-refractivity contribution in [2.75, 3.05) is 25.0 Å². The zero-order chi connectivity index (χ0) is 20.7. The summed E-state index contributed by atoms with van der Waals surface area (Å²) in [5, 5.41) is 5.56. The van der Waals surface area contributed by atoms with Crippen LogP contribution in [0.15, 0.2) is 35.9 Å². The van der Waals surface area contributed by atoms with Crippen LogP contribution in [-0.4, -0.2) is 36.6 Å². The van der Waals surface area contributed by atoms with E-state index < -0.39 is 11.7 Å². The van der Waals surface area contributed by atoms with Crippen molar-refractivity contribution in [2.45, 2.75) is 63.6 Å². The molecule has 0 bridgehead atoms. The predicted molar refractivity (Wildman–Crippen MR) is 109 cm³/mol. The largest absolute Gasteiger partial charge is 0.416 e. The van der Waals surface area contributed by atoms with Gasteiger partial charge >= 0.3 is 12.2 Å². The maximum atomic E-state index is 12.6. The first-order chi connectivity index (χ1) is 13.9. The number of nitrogens with one attached hydrogen (secondary N) is 2. The van der Waals surface area contributed by atoms with E-state index >= 15 is 0 Å². The second-order valence-electron chi connectivity index (χ2n) is 8.04. The number of carbonyl (C=O) groups is 1. The van der Waals surface area contributed by atoms with Crippen LogP contribution in [0.5, 0.6) is 0 Å². The quantitative estimate of drug-likeness (QED) is 0.639. The lowest BCUT2D eigenvalue weighted by molar-refractivity contribution is -0.137. The minimum atomic E-state index is -4.37. The van der Waals surface area contributed by atoms with Gasteiger partial charge in [0.15, 0.2) is 0 Å². The summed E-state index contributed by atoms with van der Waals surface area (Å²) in [5.41, 5.74) is 1.18. The lowest BCUT2D eigenvalue weighted by Gasteiger charge is -2.33. The molecule has 29 heavy (non-hydrogen) atoms. The number of rotatable bonds is 4. The molecular formula is C22H30F3N3O. The fourth-order valence-corrected chi connectivity index (χ4v) is 4.02. The highest BCUT2D eigenvalue weighted by atomic mass is 19.4. The van der Waals surface area contributed by atoms with E-state index in [4.69, 9.17) is 0 Å². The number of likely N-dealkylation sites (tertiary alicyclic amines) is 1. The first-order valence-electron chi connectivity index (χ1n) is 10.6. The Morgan fingerprint density at radius 2 is 1.72 bits per heavy atom. The number of carbonyl (C=O) groups excluding carboxylic acids is 1. The van der Waals surface area contributed by atoms with Crippen LogP contribution in [0.1, 0.15) is 56.9 Å². The lowest BCUT2D eigenvalue weighted by Crippen LogP contribution is -2.46. The summed E-state index contributed by atoms with van der Waals surface area (Å²) in [6.07, 6.45) is 7.46. The molecule has 2 aliphatic rings. The predicted octanol–water partition coefficient (Wildman–Crippen LogP) is 5.57. The van der Waals surface area contributed by atoms with Gasteiger partial charge in [-0.3, -0.25) is 4.90 Å². The average molecular weight is 409 g/mol. The molecule has 1 fully saturated rings. The first-order valence-corrected chi connectivity index (χ1v) is 10.6. The van der Waals surface area contributed by atoms with Crippen LogP contribution in [0.25, 0.3) is 0 Å². The Morgan fingerprint density at radius 1 is 1.03 bits per heavy atom. The summed E-state index contributed by atoms with van der Waals surface area (Å²) in [6, 6.07) is 4.20. The highest BCUT2D eigenvalue weighted by Gasteiger charge is 2.30. The Morgan fingerprint density at radius 3 is 2.41 bits per heavy atom. The third kappa shape index (κ3) is 7.07. The molecule has 7 heteroatoms. The number of hydrogen-bond acceptors (Lipinski definition) is 2. The second-order valence-corrected chi connectivity index (χ2v) is 8.04. The summed E-state index contributed by atoms with van der Waals surface area (Å²) < 4.78 is 37.8. The summed E-state index contributed by atoms with van der Waals surface area (Å²) in [4.78, 5) is 14.6. The summed E-state index contributed by atoms with van der Waals surface area (Å²) in [5.74, 6) is 0. The maximum Gasteiger partial charge on any atom is 0.416 e. The number of halogens is 3. The topological polar surface area (TPSA) is 44.4 Å². The van der Waals surface area contributed by atoms with Gasteiger partial charge in [-0.2, -0.15) is 13.2 Å². The number of amides is 2. The van der Waals surface area contributed by atoms with Crippen LogP contribution < -0.4 is 10.6 Å². The summed E-state index contributed by atoms with van der Waals surface area (Å²) in [7, 11) is 0. The Kier molecular flexibility index (Phi) is 7.58. The molecule has 1 saturated heterocycles. The SMILES string of the molecule is O=C(Nc1ccc(C(F)(F)F)cc1)NC1CCN(CC2=CCCCCCC2)CC1. The maximum absolute atomic E-state index is 12.6. The smallest absolute Gasteiger partial charge is 0.335 e. The number of piperidine rings is 1. The lowest BCUT2D eigenvalue weighted by atomic mass is 9.98. The number of urea groups is 1. The molecule has 1 heterocycles. The van der Waals surface area contributed by atoms with Crippen molar-refractivity contribution in [3.8, 4) is 0 Å². The van der Waals surface area contributed by atoms with E-state index in [0.717, 1.165) is 44.6 Å². The van der Waals surface area contributed by atoms with Gasteiger partial charge in [0.1, 0.15) is 0 Å².